The maximum absolute atomic E-state index is 11.9. The number of benzene rings is 1. The van der Waals surface area contributed by atoms with E-state index in [0.29, 0.717) is 23.1 Å². The van der Waals surface area contributed by atoms with Crippen LogP contribution < -0.4 is 10.6 Å². The minimum Gasteiger partial charge on any atom is -0.478 e. The van der Waals surface area contributed by atoms with Gasteiger partial charge in [0.15, 0.2) is 0 Å². The number of pyridine rings is 1. The normalized spacial score (nSPS) is 10.4. The predicted octanol–water partition coefficient (Wildman–Crippen LogP) is 2.58. The number of aromatic amines is 1. The second kappa shape index (κ2) is 6.18. The third-order valence-corrected chi connectivity index (χ3v) is 3.35. The number of amides is 2. The van der Waals surface area contributed by atoms with Crippen LogP contribution >= 0.6 is 0 Å². The van der Waals surface area contributed by atoms with Gasteiger partial charge in [-0.3, -0.25) is 4.98 Å². The van der Waals surface area contributed by atoms with E-state index in [1.165, 1.54) is 6.20 Å². The molecule has 0 saturated carbocycles. The first-order valence-electron chi connectivity index (χ1n) is 6.91. The van der Waals surface area contributed by atoms with Crippen molar-refractivity contribution < 1.29 is 14.7 Å². The zero-order valence-electron chi connectivity index (χ0n) is 12.0. The summed E-state index contributed by atoms with van der Waals surface area (Å²) in [7, 11) is 0. The van der Waals surface area contributed by atoms with E-state index in [-0.39, 0.29) is 11.6 Å². The monoisotopic (exact) mass is 310 g/mol. The summed E-state index contributed by atoms with van der Waals surface area (Å²) in [4.78, 5) is 29.8. The molecule has 0 radical (unpaired) electrons. The molecule has 116 valence electrons. The Labute approximate surface area is 131 Å². The number of carboxylic acids is 1. The number of anilines is 1. The summed E-state index contributed by atoms with van der Waals surface area (Å²) in [5.74, 6) is -0.994. The smallest absolute Gasteiger partial charge is 0.337 e. The number of nitrogens with zero attached hydrogens (tertiary/aromatic N) is 1. The Morgan fingerprint density at radius 2 is 2.13 bits per heavy atom. The molecule has 3 aromatic rings. The van der Waals surface area contributed by atoms with Gasteiger partial charge in [0, 0.05) is 41.7 Å². The average Bonchev–Trinajstić information content (AvgIpc) is 2.97. The standard InChI is InChI=1S/C16H14N4O3/c21-15(22)13-9-18-14-6-11(3-4-12(13)14)20-16(23)19-8-10-2-1-5-17-7-10/h1-7,9,18H,8H2,(H,21,22)(H2,19,20,23). The molecule has 0 spiro atoms. The lowest BCUT2D eigenvalue weighted by Gasteiger charge is -2.07. The zero-order valence-corrected chi connectivity index (χ0v) is 12.0. The molecule has 2 amide bonds. The van der Waals surface area contributed by atoms with Crippen molar-refractivity contribution in [3.8, 4) is 0 Å². The molecule has 0 unspecified atom stereocenters. The second-order valence-corrected chi connectivity index (χ2v) is 4.94. The molecule has 7 heteroatoms. The molecule has 7 nitrogen and oxygen atoms in total. The molecule has 23 heavy (non-hydrogen) atoms. The largest absolute Gasteiger partial charge is 0.478 e. The van der Waals surface area contributed by atoms with E-state index in [4.69, 9.17) is 5.11 Å². The first kappa shape index (κ1) is 14.6. The molecule has 1 aromatic carbocycles. The number of fused-ring (bicyclic) bond motifs is 1. The topological polar surface area (TPSA) is 107 Å². The van der Waals surface area contributed by atoms with Gasteiger partial charge < -0.3 is 20.7 Å². The average molecular weight is 310 g/mol. The van der Waals surface area contributed by atoms with Gasteiger partial charge in [0.1, 0.15) is 0 Å². The van der Waals surface area contributed by atoms with Crippen molar-refractivity contribution in [3.63, 3.8) is 0 Å². The molecule has 3 rings (SSSR count). The fourth-order valence-electron chi connectivity index (χ4n) is 2.24. The lowest BCUT2D eigenvalue weighted by Crippen LogP contribution is -2.28. The minimum absolute atomic E-state index is 0.201. The number of nitrogens with one attached hydrogen (secondary N) is 3. The van der Waals surface area contributed by atoms with Crippen molar-refractivity contribution in [1.29, 1.82) is 0 Å². The van der Waals surface area contributed by atoms with Gasteiger partial charge in [-0.1, -0.05) is 6.07 Å². The van der Waals surface area contributed by atoms with Crippen LogP contribution in [-0.2, 0) is 6.54 Å². The summed E-state index contributed by atoms with van der Waals surface area (Å²) in [5, 5.41) is 15.1. The van der Waals surface area contributed by atoms with Crippen LogP contribution in [0.1, 0.15) is 15.9 Å². The highest BCUT2D eigenvalue weighted by atomic mass is 16.4. The Morgan fingerprint density at radius 3 is 2.87 bits per heavy atom. The number of hydrogen-bond acceptors (Lipinski definition) is 3. The number of carbonyl (C=O) groups excluding carboxylic acids is 1. The van der Waals surface area contributed by atoms with E-state index in [0.717, 1.165) is 5.56 Å². The third kappa shape index (κ3) is 3.29. The van der Waals surface area contributed by atoms with E-state index in [1.807, 2.05) is 6.07 Å². The van der Waals surface area contributed by atoms with Gasteiger partial charge in [-0.15, -0.1) is 0 Å². The van der Waals surface area contributed by atoms with E-state index in [1.54, 1.807) is 36.7 Å². The summed E-state index contributed by atoms with van der Waals surface area (Å²) in [6.45, 7) is 0.369. The maximum atomic E-state index is 11.9. The van der Waals surface area contributed by atoms with Gasteiger partial charge >= 0.3 is 12.0 Å². The Balaban J connectivity index is 1.66. The predicted molar refractivity (Wildman–Crippen MR) is 85.4 cm³/mol. The van der Waals surface area contributed by atoms with Crippen LogP contribution in [0.2, 0.25) is 0 Å². The van der Waals surface area contributed by atoms with Crippen LogP contribution in [0.4, 0.5) is 10.5 Å². The van der Waals surface area contributed by atoms with E-state index in [2.05, 4.69) is 20.6 Å². The van der Waals surface area contributed by atoms with Crippen LogP contribution in [0.5, 0.6) is 0 Å². The number of carbonyl (C=O) groups is 2. The fraction of sp³-hybridized carbons (Fsp3) is 0.0625. The van der Waals surface area contributed by atoms with Gasteiger partial charge in [-0.05, 0) is 29.8 Å². The molecule has 2 heterocycles. The number of aromatic carboxylic acids is 1. The molecule has 0 aliphatic rings. The van der Waals surface area contributed by atoms with Gasteiger partial charge in [0.05, 0.1) is 5.56 Å². The zero-order chi connectivity index (χ0) is 16.2. The first-order valence-corrected chi connectivity index (χ1v) is 6.91. The fourth-order valence-corrected chi connectivity index (χ4v) is 2.24. The van der Waals surface area contributed by atoms with Crippen LogP contribution in [0.25, 0.3) is 10.9 Å². The summed E-state index contributed by atoms with van der Waals surface area (Å²) >= 11 is 0. The highest BCUT2D eigenvalue weighted by molar-refractivity contribution is 6.04. The lowest BCUT2D eigenvalue weighted by atomic mass is 10.1. The molecular formula is C16H14N4O3. The van der Waals surface area contributed by atoms with Crippen molar-refractivity contribution >= 4 is 28.6 Å². The van der Waals surface area contributed by atoms with E-state index < -0.39 is 5.97 Å². The van der Waals surface area contributed by atoms with Crippen LogP contribution in [0, 0.1) is 0 Å². The maximum Gasteiger partial charge on any atom is 0.337 e. The number of aromatic nitrogens is 2. The van der Waals surface area contributed by atoms with Gasteiger partial charge in [0.2, 0.25) is 0 Å². The van der Waals surface area contributed by atoms with Gasteiger partial charge in [-0.25, -0.2) is 9.59 Å². The van der Waals surface area contributed by atoms with E-state index >= 15 is 0 Å². The molecule has 0 atom stereocenters. The number of carboxylic acid groups (broad SMARTS) is 1. The van der Waals surface area contributed by atoms with Crippen LogP contribution in [-0.4, -0.2) is 27.1 Å². The summed E-state index contributed by atoms with van der Waals surface area (Å²) in [6, 6.07) is 8.32. The molecule has 0 saturated heterocycles. The molecule has 2 aromatic heterocycles. The van der Waals surface area contributed by atoms with Crippen molar-refractivity contribution in [2.24, 2.45) is 0 Å². The Bertz CT molecular complexity index is 858. The first-order chi connectivity index (χ1) is 11.1. The minimum atomic E-state index is -0.994. The van der Waals surface area contributed by atoms with Crippen molar-refractivity contribution in [2.45, 2.75) is 6.54 Å². The van der Waals surface area contributed by atoms with Gasteiger partial charge in [0.25, 0.3) is 0 Å². The van der Waals surface area contributed by atoms with Gasteiger partial charge in [-0.2, -0.15) is 0 Å². The molecule has 0 bridgehead atoms. The van der Waals surface area contributed by atoms with E-state index in [9.17, 15) is 9.59 Å². The highest BCUT2D eigenvalue weighted by Gasteiger charge is 2.11. The number of H-pyrrole nitrogens is 1. The molecule has 4 N–H and O–H groups in total. The summed E-state index contributed by atoms with van der Waals surface area (Å²) in [5.41, 5.74) is 2.31. The molecular weight excluding hydrogens is 296 g/mol. The van der Waals surface area contributed by atoms with Crippen LogP contribution in [0.3, 0.4) is 0 Å². The number of hydrogen-bond donors (Lipinski definition) is 4. The Kier molecular flexibility index (Phi) is 3.92. The molecule has 0 aliphatic heterocycles. The van der Waals surface area contributed by atoms with Crippen molar-refractivity contribution in [3.05, 3.63) is 60.0 Å². The van der Waals surface area contributed by atoms with Crippen LogP contribution in [0.15, 0.2) is 48.9 Å². The van der Waals surface area contributed by atoms with Crippen molar-refractivity contribution in [1.82, 2.24) is 15.3 Å². The second-order valence-electron chi connectivity index (χ2n) is 4.94. The van der Waals surface area contributed by atoms with Crippen molar-refractivity contribution in [2.75, 3.05) is 5.32 Å². The highest BCUT2D eigenvalue weighted by Crippen LogP contribution is 2.22. The number of urea groups is 1. The number of rotatable bonds is 4. The summed E-state index contributed by atoms with van der Waals surface area (Å²) < 4.78 is 0. The SMILES string of the molecule is O=C(NCc1cccnc1)Nc1ccc2c(C(=O)O)c[nH]c2c1. The Morgan fingerprint density at radius 1 is 1.26 bits per heavy atom. The quantitative estimate of drug-likeness (QED) is 0.594. The lowest BCUT2D eigenvalue weighted by molar-refractivity contribution is 0.0699. The third-order valence-electron chi connectivity index (χ3n) is 3.35. The Hall–Kier alpha value is -3.35. The summed E-state index contributed by atoms with van der Waals surface area (Å²) in [6.07, 6.45) is 4.78. The molecule has 0 fully saturated rings. The molecule has 0 aliphatic carbocycles.